The fraction of sp³-hybridized carbons (Fsp3) is 0.500. The first kappa shape index (κ1) is 13.7. The van der Waals surface area contributed by atoms with Crippen molar-refractivity contribution in [2.45, 2.75) is 19.8 Å². The van der Waals surface area contributed by atoms with Crippen molar-refractivity contribution < 1.29 is 14.6 Å². The highest BCUT2D eigenvalue weighted by Gasteiger charge is 2.20. The van der Waals surface area contributed by atoms with E-state index >= 15 is 0 Å². The van der Waals surface area contributed by atoms with Crippen molar-refractivity contribution in [3.8, 4) is 0 Å². The first-order chi connectivity index (χ1) is 8.17. The SMILES string of the molecule is COC(=O)[C@@H](CO)C[C@@H](C)Cc1ccccc1. The van der Waals surface area contributed by atoms with Crippen LogP contribution in [0, 0.1) is 11.8 Å². The second-order valence-corrected chi connectivity index (χ2v) is 4.43. The molecule has 3 heteroatoms. The summed E-state index contributed by atoms with van der Waals surface area (Å²) in [5, 5.41) is 9.14. The third kappa shape index (κ3) is 4.57. The average molecular weight is 236 g/mol. The van der Waals surface area contributed by atoms with E-state index in [4.69, 9.17) is 5.11 Å². The van der Waals surface area contributed by atoms with Crippen LogP contribution in [0.2, 0.25) is 0 Å². The van der Waals surface area contributed by atoms with E-state index in [2.05, 4.69) is 23.8 Å². The summed E-state index contributed by atoms with van der Waals surface area (Å²) in [5.74, 6) is -0.389. The van der Waals surface area contributed by atoms with Crippen molar-refractivity contribution in [1.29, 1.82) is 0 Å². The number of ether oxygens (including phenoxy) is 1. The lowest BCUT2D eigenvalue weighted by Gasteiger charge is -2.17. The largest absolute Gasteiger partial charge is 0.469 e. The Morgan fingerprint density at radius 1 is 1.35 bits per heavy atom. The quantitative estimate of drug-likeness (QED) is 0.769. The van der Waals surface area contributed by atoms with Gasteiger partial charge >= 0.3 is 5.97 Å². The van der Waals surface area contributed by atoms with E-state index in [0.29, 0.717) is 12.3 Å². The van der Waals surface area contributed by atoms with Gasteiger partial charge in [-0.15, -0.1) is 0 Å². The predicted octanol–water partition coefficient (Wildman–Crippen LogP) is 2.04. The zero-order valence-corrected chi connectivity index (χ0v) is 10.4. The molecule has 0 saturated carbocycles. The number of carbonyl (C=O) groups excluding carboxylic acids is 1. The fourth-order valence-electron chi connectivity index (χ4n) is 2.00. The van der Waals surface area contributed by atoms with Gasteiger partial charge in [0, 0.05) is 0 Å². The summed E-state index contributed by atoms with van der Waals surface area (Å²) in [6, 6.07) is 10.1. The molecule has 0 aliphatic rings. The molecule has 0 aliphatic carbocycles. The van der Waals surface area contributed by atoms with Gasteiger partial charge in [-0.05, 0) is 24.3 Å². The Hall–Kier alpha value is -1.35. The molecular weight excluding hydrogens is 216 g/mol. The molecule has 0 heterocycles. The minimum Gasteiger partial charge on any atom is -0.469 e. The van der Waals surface area contributed by atoms with Gasteiger partial charge in [0.25, 0.3) is 0 Å². The van der Waals surface area contributed by atoms with Crippen LogP contribution in [0.1, 0.15) is 18.9 Å². The standard InChI is InChI=1S/C14H20O3/c1-11(8-12-6-4-3-5-7-12)9-13(10-15)14(16)17-2/h3-7,11,13,15H,8-10H2,1-2H3/t11-,13+/m0/s1. The molecule has 0 radical (unpaired) electrons. The van der Waals surface area contributed by atoms with Crippen LogP contribution in [0.5, 0.6) is 0 Å². The maximum atomic E-state index is 11.3. The highest BCUT2D eigenvalue weighted by molar-refractivity contribution is 5.72. The Kier molecular flexibility index (Phi) is 5.70. The van der Waals surface area contributed by atoms with E-state index in [0.717, 1.165) is 6.42 Å². The van der Waals surface area contributed by atoms with Gasteiger partial charge < -0.3 is 9.84 Å². The number of esters is 1. The molecule has 0 spiro atoms. The number of methoxy groups -OCH3 is 1. The Labute approximate surface area is 102 Å². The van der Waals surface area contributed by atoms with Crippen LogP contribution >= 0.6 is 0 Å². The highest BCUT2D eigenvalue weighted by Crippen LogP contribution is 2.17. The minimum absolute atomic E-state index is 0.147. The molecule has 1 aromatic rings. The molecule has 2 atom stereocenters. The topological polar surface area (TPSA) is 46.5 Å². The Morgan fingerprint density at radius 3 is 2.53 bits per heavy atom. The number of aliphatic hydroxyl groups is 1. The number of carbonyl (C=O) groups is 1. The van der Waals surface area contributed by atoms with Gasteiger partial charge in [0.15, 0.2) is 0 Å². The van der Waals surface area contributed by atoms with Crippen molar-refractivity contribution in [3.63, 3.8) is 0 Å². The van der Waals surface area contributed by atoms with Gasteiger partial charge in [-0.3, -0.25) is 4.79 Å². The molecule has 94 valence electrons. The lowest BCUT2D eigenvalue weighted by Crippen LogP contribution is -2.23. The molecule has 0 fully saturated rings. The van der Waals surface area contributed by atoms with E-state index in [9.17, 15) is 4.79 Å². The van der Waals surface area contributed by atoms with Crippen molar-refractivity contribution in [3.05, 3.63) is 35.9 Å². The second-order valence-electron chi connectivity index (χ2n) is 4.43. The fourth-order valence-corrected chi connectivity index (χ4v) is 2.00. The van der Waals surface area contributed by atoms with E-state index in [1.807, 2.05) is 18.2 Å². The number of hydrogen-bond donors (Lipinski definition) is 1. The number of hydrogen-bond acceptors (Lipinski definition) is 3. The van der Waals surface area contributed by atoms with Gasteiger partial charge in [-0.1, -0.05) is 37.3 Å². The summed E-state index contributed by atoms with van der Waals surface area (Å²) < 4.78 is 4.66. The Bertz CT molecular complexity index is 335. The Morgan fingerprint density at radius 2 is 2.00 bits per heavy atom. The third-order valence-electron chi connectivity index (χ3n) is 2.87. The first-order valence-corrected chi connectivity index (χ1v) is 5.90. The monoisotopic (exact) mass is 236 g/mol. The zero-order chi connectivity index (χ0) is 12.7. The number of aliphatic hydroxyl groups excluding tert-OH is 1. The molecule has 0 amide bonds. The molecule has 1 N–H and O–H groups in total. The van der Waals surface area contributed by atoms with E-state index < -0.39 is 5.92 Å². The predicted molar refractivity (Wildman–Crippen MR) is 66.5 cm³/mol. The normalized spacial score (nSPS) is 14.1. The van der Waals surface area contributed by atoms with Crippen molar-refractivity contribution in [1.82, 2.24) is 0 Å². The minimum atomic E-state index is -0.404. The van der Waals surface area contributed by atoms with Gasteiger partial charge in [0.2, 0.25) is 0 Å². The molecular formula is C14H20O3. The smallest absolute Gasteiger partial charge is 0.311 e. The summed E-state index contributed by atoms with van der Waals surface area (Å²) >= 11 is 0. The van der Waals surface area contributed by atoms with Crippen molar-refractivity contribution >= 4 is 5.97 Å². The first-order valence-electron chi connectivity index (χ1n) is 5.90. The molecule has 0 aliphatic heterocycles. The van der Waals surface area contributed by atoms with E-state index in [1.54, 1.807) is 0 Å². The molecule has 0 unspecified atom stereocenters. The third-order valence-corrected chi connectivity index (χ3v) is 2.87. The second kappa shape index (κ2) is 7.07. The average Bonchev–Trinajstić information content (AvgIpc) is 2.36. The van der Waals surface area contributed by atoms with E-state index in [-0.39, 0.29) is 12.6 Å². The van der Waals surface area contributed by atoms with Gasteiger partial charge in [-0.2, -0.15) is 0 Å². The van der Waals surface area contributed by atoms with Crippen LogP contribution in [0.4, 0.5) is 0 Å². The highest BCUT2D eigenvalue weighted by atomic mass is 16.5. The summed E-state index contributed by atoms with van der Waals surface area (Å²) in [5.41, 5.74) is 1.25. The maximum Gasteiger partial charge on any atom is 0.311 e. The summed E-state index contributed by atoms with van der Waals surface area (Å²) in [7, 11) is 1.35. The lowest BCUT2D eigenvalue weighted by molar-refractivity contribution is -0.147. The molecule has 0 aromatic heterocycles. The summed E-state index contributed by atoms with van der Waals surface area (Å²) in [4.78, 5) is 11.3. The molecule has 1 rings (SSSR count). The molecule has 1 aromatic carbocycles. The van der Waals surface area contributed by atoms with E-state index in [1.165, 1.54) is 12.7 Å². The number of rotatable bonds is 6. The van der Waals surface area contributed by atoms with Crippen LogP contribution < -0.4 is 0 Å². The molecule has 0 saturated heterocycles. The van der Waals surface area contributed by atoms with Crippen LogP contribution in [0.25, 0.3) is 0 Å². The maximum absolute atomic E-state index is 11.3. The summed E-state index contributed by atoms with van der Waals surface area (Å²) in [6.45, 7) is 1.93. The van der Waals surface area contributed by atoms with Crippen LogP contribution in [-0.2, 0) is 16.0 Å². The molecule has 17 heavy (non-hydrogen) atoms. The summed E-state index contributed by atoms with van der Waals surface area (Å²) in [6.07, 6.45) is 1.56. The van der Waals surface area contributed by atoms with Crippen LogP contribution in [0.15, 0.2) is 30.3 Å². The number of benzene rings is 1. The zero-order valence-electron chi connectivity index (χ0n) is 10.4. The van der Waals surface area contributed by atoms with Gasteiger partial charge in [0.05, 0.1) is 19.6 Å². The van der Waals surface area contributed by atoms with Crippen LogP contribution in [-0.4, -0.2) is 24.8 Å². The molecule has 3 nitrogen and oxygen atoms in total. The lowest BCUT2D eigenvalue weighted by atomic mass is 9.91. The Balaban J connectivity index is 2.48. The van der Waals surface area contributed by atoms with Gasteiger partial charge in [0.1, 0.15) is 0 Å². The van der Waals surface area contributed by atoms with Crippen molar-refractivity contribution in [2.24, 2.45) is 11.8 Å². The van der Waals surface area contributed by atoms with Crippen LogP contribution in [0.3, 0.4) is 0 Å². The van der Waals surface area contributed by atoms with Crippen molar-refractivity contribution in [2.75, 3.05) is 13.7 Å². The van der Waals surface area contributed by atoms with Gasteiger partial charge in [-0.25, -0.2) is 0 Å². The molecule has 0 bridgehead atoms.